The minimum Gasteiger partial charge on any atom is -0.330 e. The first kappa shape index (κ1) is 11.1. The lowest BCUT2D eigenvalue weighted by Gasteiger charge is -2.10. The largest absolute Gasteiger partial charge is 0.330 e. The predicted octanol–water partition coefficient (Wildman–Crippen LogP) is 1.71. The van der Waals surface area contributed by atoms with Gasteiger partial charge in [0.1, 0.15) is 0 Å². The number of carbonyl (C=O) groups excluding carboxylic acids is 1. The van der Waals surface area contributed by atoms with Crippen molar-refractivity contribution >= 4 is 11.6 Å². The molecule has 0 saturated carbocycles. The smallest absolute Gasteiger partial charge is 0.228 e. The topological polar surface area (TPSA) is 55.1 Å². The summed E-state index contributed by atoms with van der Waals surface area (Å²) in [7, 11) is 0. The van der Waals surface area contributed by atoms with Gasteiger partial charge in [0.25, 0.3) is 0 Å². The highest BCUT2D eigenvalue weighted by Crippen LogP contribution is 2.25. The molecule has 3 N–H and O–H groups in total. The lowest BCUT2D eigenvalue weighted by atomic mass is 9.96. The van der Waals surface area contributed by atoms with Gasteiger partial charge in [0.2, 0.25) is 5.91 Å². The summed E-state index contributed by atoms with van der Waals surface area (Å²) >= 11 is 0. The first-order valence-electron chi connectivity index (χ1n) is 5.80. The summed E-state index contributed by atoms with van der Waals surface area (Å²) in [6.45, 7) is 2.95. The van der Waals surface area contributed by atoms with Gasteiger partial charge in [0.05, 0.1) is 6.42 Å². The van der Waals surface area contributed by atoms with Gasteiger partial charge in [-0.3, -0.25) is 4.79 Å². The summed E-state index contributed by atoms with van der Waals surface area (Å²) in [5, 5.41) is 2.84. The average molecular weight is 218 g/mol. The molecule has 0 aliphatic carbocycles. The number of amides is 1. The third-order valence-electron chi connectivity index (χ3n) is 3.04. The number of rotatable bonds is 4. The highest BCUT2D eigenvalue weighted by Gasteiger charge is 2.17. The van der Waals surface area contributed by atoms with Crippen LogP contribution >= 0.6 is 0 Å². The number of anilines is 1. The zero-order valence-corrected chi connectivity index (χ0v) is 9.62. The maximum atomic E-state index is 11.2. The Hall–Kier alpha value is -1.35. The number of hydrogen-bond donors (Lipinski definition) is 2. The van der Waals surface area contributed by atoms with Crippen LogP contribution < -0.4 is 11.1 Å². The second-order valence-corrected chi connectivity index (χ2v) is 4.60. The maximum Gasteiger partial charge on any atom is 0.228 e. The Balaban J connectivity index is 2.07. The lowest BCUT2D eigenvalue weighted by Crippen LogP contribution is -2.08. The Labute approximate surface area is 96.0 Å². The van der Waals surface area contributed by atoms with Crippen LogP contribution in [0.4, 0.5) is 5.69 Å². The van der Waals surface area contributed by atoms with Crippen molar-refractivity contribution in [2.45, 2.75) is 26.2 Å². The molecule has 3 heteroatoms. The van der Waals surface area contributed by atoms with Gasteiger partial charge >= 0.3 is 0 Å². The van der Waals surface area contributed by atoms with Gasteiger partial charge in [0, 0.05) is 5.69 Å². The fourth-order valence-corrected chi connectivity index (χ4v) is 2.20. The van der Waals surface area contributed by atoms with E-state index in [0.717, 1.165) is 30.6 Å². The van der Waals surface area contributed by atoms with Gasteiger partial charge in [0.15, 0.2) is 0 Å². The molecule has 1 atom stereocenters. The van der Waals surface area contributed by atoms with E-state index in [4.69, 9.17) is 5.73 Å². The summed E-state index contributed by atoms with van der Waals surface area (Å²) in [5.41, 5.74) is 8.94. The summed E-state index contributed by atoms with van der Waals surface area (Å²) < 4.78 is 0. The Morgan fingerprint density at radius 1 is 1.50 bits per heavy atom. The molecule has 1 unspecified atom stereocenters. The van der Waals surface area contributed by atoms with E-state index in [9.17, 15) is 4.79 Å². The standard InChI is InChI=1S/C13H18N2O/c1-9(4-5-14)6-10-2-3-12-11(7-10)8-13(16)15-12/h2-3,7,9H,4-6,8,14H2,1H3,(H,15,16). The molecule has 0 spiro atoms. The van der Waals surface area contributed by atoms with E-state index in [1.165, 1.54) is 5.56 Å². The highest BCUT2D eigenvalue weighted by molar-refractivity contribution is 5.99. The molecule has 0 fully saturated rings. The van der Waals surface area contributed by atoms with E-state index in [2.05, 4.69) is 24.4 Å². The zero-order valence-electron chi connectivity index (χ0n) is 9.62. The van der Waals surface area contributed by atoms with E-state index in [-0.39, 0.29) is 5.91 Å². The van der Waals surface area contributed by atoms with Crippen molar-refractivity contribution < 1.29 is 4.79 Å². The van der Waals surface area contributed by atoms with Crippen molar-refractivity contribution in [3.8, 4) is 0 Å². The second-order valence-electron chi connectivity index (χ2n) is 4.60. The lowest BCUT2D eigenvalue weighted by molar-refractivity contribution is -0.115. The monoisotopic (exact) mass is 218 g/mol. The molecule has 16 heavy (non-hydrogen) atoms. The van der Waals surface area contributed by atoms with Crippen LogP contribution in [0, 0.1) is 5.92 Å². The molecule has 0 bridgehead atoms. The molecule has 0 saturated heterocycles. The minimum atomic E-state index is 0.0992. The SMILES string of the molecule is CC(CCN)Cc1ccc2c(c1)CC(=O)N2. The summed E-state index contributed by atoms with van der Waals surface area (Å²) in [4.78, 5) is 11.2. The maximum absolute atomic E-state index is 11.2. The van der Waals surface area contributed by atoms with E-state index in [0.29, 0.717) is 12.3 Å². The molecule has 1 aromatic rings. The van der Waals surface area contributed by atoms with Crippen LogP contribution in [0.3, 0.4) is 0 Å². The molecule has 0 radical (unpaired) electrons. The van der Waals surface area contributed by atoms with Crippen LogP contribution in [-0.2, 0) is 17.6 Å². The Bertz CT molecular complexity index is 401. The minimum absolute atomic E-state index is 0.0992. The molecule has 1 heterocycles. The van der Waals surface area contributed by atoms with Gasteiger partial charge in [-0.05, 0) is 42.5 Å². The number of nitrogens with one attached hydrogen (secondary N) is 1. The van der Waals surface area contributed by atoms with Crippen molar-refractivity contribution in [3.63, 3.8) is 0 Å². The number of benzene rings is 1. The van der Waals surface area contributed by atoms with Crippen molar-refractivity contribution in [1.29, 1.82) is 0 Å². The van der Waals surface area contributed by atoms with Crippen molar-refractivity contribution in [2.24, 2.45) is 11.7 Å². The van der Waals surface area contributed by atoms with Gasteiger partial charge in [-0.15, -0.1) is 0 Å². The summed E-state index contributed by atoms with van der Waals surface area (Å²) in [6, 6.07) is 6.24. The second kappa shape index (κ2) is 4.66. The molecule has 2 rings (SSSR count). The normalized spacial score (nSPS) is 15.8. The van der Waals surface area contributed by atoms with Crippen LogP contribution in [0.1, 0.15) is 24.5 Å². The van der Waals surface area contributed by atoms with E-state index in [1.807, 2.05) is 6.07 Å². The number of carbonyl (C=O) groups is 1. The fraction of sp³-hybridized carbons (Fsp3) is 0.462. The Morgan fingerprint density at radius 2 is 2.31 bits per heavy atom. The van der Waals surface area contributed by atoms with E-state index in [1.54, 1.807) is 0 Å². The van der Waals surface area contributed by atoms with Crippen molar-refractivity contribution in [1.82, 2.24) is 0 Å². The zero-order chi connectivity index (χ0) is 11.5. The molecule has 0 aromatic heterocycles. The fourth-order valence-electron chi connectivity index (χ4n) is 2.20. The van der Waals surface area contributed by atoms with Crippen LogP contribution in [-0.4, -0.2) is 12.5 Å². The third-order valence-corrected chi connectivity index (χ3v) is 3.04. The number of fused-ring (bicyclic) bond motifs is 1. The van der Waals surface area contributed by atoms with Crippen LogP contribution in [0.2, 0.25) is 0 Å². The highest BCUT2D eigenvalue weighted by atomic mass is 16.1. The van der Waals surface area contributed by atoms with Gasteiger partial charge < -0.3 is 11.1 Å². The van der Waals surface area contributed by atoms with Crippen LogP contribution in [0.5, 0.6) is 0 Å². The molecule has 1 aliphatic rings. The number of nitrogens with two attached hydrogens (primary N) is 1. The van der Waals surface area contributed by atoms with E-state index < -0.39 is 0 Å². The van der Waals surface area contributed by atoms with Crippen LogP contribution in [0.15, 0.2) is 18.2 Å². The van der Waals surface area contributed by atoms with Gasteiger partial charge in [-0.25, -0.2) is 0 Å². The van der Waals surface area contributed by atoms with Gasteiger partial charge in [-0.1, -0.05) is 19.1 Å². The molecule has 3 nitrogen and oxygen atoms in total. The van der Waals surface area contributed by atoms with Crippen molar-refractivity contribution in [2.75, 3.05) is 11.9 Å². The molecule has 1 aromatic carbocycles. The molecular formula is C13H18N2O. The Morgan fingerprint density at radius 3 is 3.06 bits per heavy atom. The molecule has 1 amide bonds. The van der Waals surface area contributed by atoms with Gasteiger partial charge in [-0.2, -0.15) is 0 Å². The Kier molecular flexibility index (Phi) is 3.25. The quantitative estimate of drug-likeness (QED) is 0.808. The predicted molar refractivity (Wildman–Crippen MR) is 65.3 cm³/mol. The summed E-state index contributed by atoms with van der Waals surface area (Å²) in [6.07, 6.45) is 2.61. The first-order valence-corrected chi connectivity index (χ1v) is 5.80. The number of hydrogen-bond acceptors (Lipinski definition) is 2. The molecule has 86 valence electrons. The van der Waals surface area contributed by atoms with E-state index >= 15 is 0 Å². The average Bonchev–Trinajstić information content (AvgIpc) is 2.57. The van der Waals surface area contributed by atoms with Crippen molar-refractivity contribution in [3.05, 3.63) is 29.3 Å². The van der Waals surface area contributed by atoms with Crippen LogP contribution in [0.25, 0.3) is 0 Å². The summed E-state index contributed by atoms with van der Waals surface area (Å²) in [5.74, 6) is 0.704. The molecular weight excluding hydrogens is 200 g/mol. The third kappa shape index (κ3) is 2.42. The molecule has 1 aliphatic heterocycles. The first-order chi connectivity index (χ1) is 7.69.